The normalized spacial score (nSPS) is 13.6. The van der Waals surface area contributed by atoms with Crippen molar-refractivity contribution < 1.29 is 22.8 Å². The van der Waals surface area contributed by atoms with Gasteiger partial charge in [-0.1, -0.05) is 11.6 Å². The van der Waals surface area contributed by atoms with Crippen LogP contribution in [0.3, 0.4) is 0 Å². The SMILES string of the molecule is CCONC(=O)c1cnc(Cl)cc1Nc1ccc(OC)cc1N(C)S(=O)(=O)C1CC1. The van der Waals surface area contributed by atoms with Crippen molar-refractivity contribution in [1.82, 2.24) is 10.5 Å². The highest BCUT2D eigenvalue weighted by atomic mass is 35.5. The van der Waals surface area contributed by atoms with Gasteiger partial charge >= 0.3 is 0 Å². The molecule has 0 spiro atoms. The predicted octanol–water partition coefficient (Wildman–Crippen LogP) is 3.10. The molecule has 2 N–H and O–H groups in total. The minimum atomic E-state index is -3.51. The molecule has 0 radical (unpaired) electrons. The largest absolute Gasteiger partial charge is 0.497 e. The van der Waals surface area contributed by atoms with Crippen LogP contribution in [0.2, 0.25) is 5.15 Å². The van der Waals surface area contributed by atoms with Crippen molar-refractivity contribution in [3.05, 3.63) is 41.2 Å². The summed E-state index contributed by atoms with van der Waals surface area (Å²) in [5.74, 6) is -0.0204. The van der Waals surface area contributed by atoms with Crippen molar-refractivity contribution in [2.75, 3.05) is 30.4 Å². The average Bonchev–Trinajstić information content (AvgIpc) is 3.58. The third kappa shape index (κ3) is 4.77. The summed E-state index contributed by atoms with van der Waals surface area (Å²) in [6.45, 7) is 2.03. The number of methoxy groups -OCH3 is 1. The number of amides is 1. The minimum Gasteiger partial charge on any atom is -0.497 e. The number of benzene rings is 1. The number of hydroxylamine groups is 1. The maximum absolute atomic E-state index is 12.8. The molecule has 1 aliphatic rings. The molecule has 1 heterocycles. The van der Waals surface area contributed by atoms with Gasteiger partial charge in [0.05, 0.1) is 41.6 Å². The third-order valence-electron chi connectivity index (χ3n) is 4.57. The van der Waals surface area contributed by atoms with Crippen LogP contribution in [0.5, 0.6) is 5.75 Å². The van der Waals surface area contributed by atoms with Crippen LogP contribution in [0.25, 0.3) is 0 Å². The zero-order valence-corrected chi connectivity index (χ0v) is 18.4. The Morgan fingerprint density at radius 3 is 2.67 bits per heavy atom. The Hall–Kier alpha value is -2.56. The van der Waals surface area contributed by atoms with Gasteiger partial charge in [-0.25, -0.2) is 18.9 Å². The van der Waals surface area contributed by atoms with E-state index < -0.39 is 15.9 Å². The van der Waals surface area contributed by atoms with Crippen LogP contribution in [0.15, 0.2) is 30.5 Å². The first-order valence-electron chi connectivity index (χ1n) is 9.28. The Kier molecular flexibility index (Phi) is 6.69. The van der Waals surface area contributed by atoms with E-state index >= 15 is 0 Å². The molecule has 0 unspecified atom stereocenters. The summed E-state index contributed by atoms with van der Waals surface area (Å²) in [6, 6.07) is 6.45. The van der Waals surface area contributed by atoms with Crippen LogP contribution in [-0.2, 0) is 14.9 Å². The van der Waals surface area contributed by atoms with E-state index in [4.69, 9.17) is 21.2 Å². The predicted molar refractivity (Wildman–Crippen MR) is 115 cm³/mol. The van der Waals surface area contributed by atoms with Crippen LogP contribution < -0.4 is 19.8 Å². The maximum Gasteiger partial charge on any atom is 0.278 e. The van der Waals surface area contributed by atoms with E-state index in [-0.39, 0.29) is 16.0 Å². The summed E-state index contributed by atoms with van der Waals surface area (Å²) in [6.07, 6.45) is 2.59. The number of halogens is 1. The van der Waals surface area contributed by atoms with Gasteiger partial charge < -0.3 is 10.1 Å². The molecular weight excluding hydrogens is 432 g/mol. The van der Waals surface area contributed by atoms with Crippen LogP contribution in [0.4, 0.5) is 17.1 Å². The summed E-state index contributed by atoms with van der Waals surface area (Å²) >= 11 is 6.02. The number of carbonyl (C=O) groups excluding carboxylic acids is 1. The highest BCUT2D eigenvalue weighted by Crippen LogP contribution is 2.38. The molecule has 1 aliphatic carbocycles. The highest BCUT2D eigenvalue weighted by Gasteiger charge is 2.39. The van der Waals surface area contributed by atoms with Crippen molar-refractivity contribution in [3.63, 3.8) is 0 Å². The number of nitrogens with zero attached hydrogens (tertiary/aromatic N) is 2. The fourth-order valence-corrected chi connectivity index (χ4v) is 4.55. The number of aromatic nitrogens is 1. The van der Waals surface area contributed by atoms with Gasteiger partial charge in [-0.3, -0.25) is 13.9 Å². The Balaban J connectivity index is 2.01. The van der Waals surface area contributed by atoms with Gasteiger partial charge in [-0.05, 0) is 38.0 Å². The van der Waals surface area contributed by atoms with E-state index in [9.17, 15) is 13.2 Å². The van der Waals surface area contributed by atoms with Gasteiger partial charge in [0.2, 0.25) is 10.0 Å². The summed E-state index contributed by atoms with van der Waals surface area (Å²) in [5.41, 5.74) is 3.67. The molecule has 0 saturated heterocycles. The first kappa shape index (κ1) is 22.1. The zero-order chi connectivity index (χ0) is 21.9. The van der Waals surface area contributed by atoms with Crippen molar-refractivity contribution in [2.45, 2.75) is 25.0 Å². The number of hydrogen-bond donors (Lipinski definition) is 2. The van der Waals surface area contributed by atoms with Crippen LogP contribution in [-0.4, -0.2) is 45.3 Å². The van der Waals surface area contributed by atoms with E-state index in [1.165, 1.54) is 30.7 Å². The standard InChI is InChI=1S/C19H23ClN4O5S/c1-4-29-23-19(25)14-11-21-18(20)10-16(14)22-15-8-5-12(28-3)9-17(15)24(2)30(26,27)13-6-7-13/h5,8-11,13H,4,6-7H2,1-3H3,(H,21,22)(H,23,25). The second-order valence-electron chi connectivity index (χ2n) is 6.64. The molecule has 0 atom stereocenters. The first-order valence-corrected chi connectivity index (χ1v) is 11.2. The van der Waals surface area contributed by atoms with Crippen LogP contribution >= 0.6 is 11.6 Å². The van der Waals surface area contributed by atoms with E-state index in [0.29, 0.717) is 42.3 Å². The number of sulfonamides is 1. The van der Waals surface area contributed by atoms with Gasteiger partial charge in [0.15, 0.2) is 0 Å². The lowest BCUT2D eigenvalue weighted by molar-refractivity contribution is 0.0365. The molecule has 2 aromatic rings. The Labute approximate surface area is 180 Å². The number of ether oxygens (including phenoxy) is 1. The molecule has 1 amide bonds. The Morgan fingerprint density at radius 1 is 1.30 bits per heavy atom. The van der Waals surface area contributed by atoms with E-state index in [0.717, 1.165) is 0 Å². The topological polar surface area (TPSA) is 110 Å². The summed E-state index contributed by atoms with van der Waals surface area (Å²) in [4.78, 5) is 21.3. The number of anilines is 3. The molecule has 162 valence electrons. The monoisotopic (exact) mass is 454 g/mol. The molecule has 3 rings (SSSR count). The Morgan fingerprint density at radius 2 is 2.03 bits per heavy atom. The molecule has 9 nitrogen and oxygen atoms in total. The molecule has 30 heavy (non-hydrogen) atoms. The summed E-state index contributed by atoms with van der Waals surface area (Å²) in [5, 5.41) is 2.88. The third-order valence-corrected chi connectivity index (χ3v) is 7.05. The van der Waals surface area contributed by atoms with Gasteiger partial charge in [-0.2, -0.15) is 0 Å². The van der Waals surface area contributed by atoms with E-state index in [1.807, 2.05) is 0 Å². The number of pyridine rings is 1. The van der Waals surface area contributed by atoms with Gasteiger partial charge in [0, 0.05) is 19.3 Å². The molecule has 1 saturated carbocycles. The highest BCUT2D eigenvalue weighted by molar-refractivity contribution is 7.93. The van der Waals surface area contributed by atoms with E-state index in [1.54, 1.807) is 25.1 Å². The van der Waals surface area contributed by atoms with Crippen molar-refractivity contribution in [3.8, 4) is 5.75 Å². The van der Waals surface area contributed by atoms with Gasteiger partial charge in [0.25, 0.3) is 5.91 Å². The fourth-order valence-electron chi connectivity index (χ4n) is 2.78. The molecule has 1 aromatic carbocycles. The number of hydrogen-bond acceptors (Lipinski definition) is 7. The maximum atomic E-state index is 12.8. The first-order chi connectivity index (χ1) is 14.3. The lowest BCUT2D eigenvalue weighted by Crippen LogP contribution is -2.30. The molecule has 0 bridgehead atoms. The van der Waals surface area contributed by atoms with Crippen molar-refractivity contribution in [2.24, 2.45) is 0 Å². The molecule has 0 aliphatic heterocycles. The van der Waals surface area contributed by atoms with Crippen LogP contribution in [0.1, 0.15) is 30.1 Å². The Bertz CT molecular complexity index is 1040. The quantitative estimate of drug-likeness (QED) is 0.442. The number of nitrogens with one attached hydrogen (secondary N) is 2. The van der Waals surface area contributed by atoms with Gasteiger partial charge in [0.1, 0.15) is 10.9 Å². The fraction of sp³-hybridized carbons (Fsp3) is 0.368. The van der Waals surface area contributed by atoms with Crippen LogP contribution in [0, 0.1) is 0 Å². The molecule has 1 fully saturated rings. The molecule has 11 heteroatoms. The van der Waals surface area contributed by atoms with Crippen molar-refractivity contribution >= 4 is 44.6 Å². The number of carbonyl (C=O) groups is 1. The second kappa shape index (κ2) is 9.07. The van der Waals surface area contributed by atoms with E-state index in [2.05, 4.69) is 15.8 Å². The lowest BCUT2D eigenvalue weighted by atomic mass is 10.2. The zero-order valence-electron chi connectivity index (χ0n) is 16.8. The smallest absolute Gasteiger partial charge is 0.278 e. The number of rotatable bonds is 9. The minimum absolute atomic E-state index is 0.166. The summed E-state index contributed by atoms with van der Waals surface area (Å²) < 4.78 is 32.1. The molecular formula is C19H23ClN4O5S. The lowest BCUT2D eigenvalue weighted by Gasteiger charge is -2.24. The van der Waals surface area contributed by atoms with Crippen molar-refractivity contribution in [1.29, 1.82) is 0 Å². The van der Waals surface area contributed by atoms with Gasteiger partial charge in [-0.15, -0.1) is 0 Å². The molecule has 1 aromatic heterocycles. The summed E-state index contributed by atoms with van der Waals surface area (Å²) in [7, 11) is -0.509. The average molecular weight is 455 g/mol. The second-order valence-corrected chi connectivity index (χ2v) is 9.27.